The molecule has 0 aliphatic carbocycles. The number of carbonyl (C=O) groups is 2. The fourth-order valence-corrected chi connectivity index (χ4v) is 2.45. The summed E-state index contributed by atoms with van der Waals surface area (Å²) in [4.78, 5) is 27.4. The highest BCUT2D eigenvalue weighted by atomic mass is 32.1. The number of nitrogens with zero attached hydrogens (tertiary/aromatic N) is 2. The van der Waals surface area contributed by atoms with Crippen LogP contribution in [-0.4, -0.2) is 39.8 Å². The van der Waals surface area contributed by atoms with Crippen LogP contribution in [0.5, 0.6) is 0 Å². The van der Waals surface area contributed by atoms with Gasteiger partial charge in [0.2, 0.25) is 0 Å². The van der Waals surface area contributed by atoms with Crippen LogP contribution >= 0.6 is 12.2 Å². The van der Waals surface area contributed by atoms with E-state index in [4.69, 9.17) is 16.6 Å². The molecule has 0 atom stereocenters. The fourth-order valence-electron chi connectivity index (χ4n) is 2.03. The number of thiocarbonyl (C=S) groups is 1. The van der Waals surface area contributed by atoms with Gasteiger partial charge >= 0.3 is 0 Å². The number of rotatable bonds is 4. The molecule has 1 aliphatic rings. The van der Waals surface area contributed by atoms with Crippen molar-refractivity contribution in [3.63, 3.8) is 0 Å². The van der Waals surface area contributed by atoms with E-state index in [1.165, 1.54) is 15.9 Å². The summed E-state index contributed by atoms with van der Waals surface area (Å²) >= 11 is 5.18. The second-order valence-electron chi connectivity index (χ2n) is 4.34. The van der Waals surface area contributed by atoms with Gasteiger partial charge in [-0.2, -0.15) is 0 Å². The van der Waals surface area contributed by atoms with Crippen molar-refractivity contribution in [3.8, 4) is 0 Å². The van der Waals surface area contributed by atoms with Gasteiger partial charge in [0.1, 0.15) is 11.3 Å². The lowest BCUT2D eigenvalue weighted by molar-refractivity contribution is -0.133. The standard InChI is InChI=1S/C15H16N2O3S/c1-3-16-13(18)12(14(19)17(4-2)15(16)21)9-5-7-11-8-6-10-20-11/h5-10H,3-4H2,1-2H3. The average Bonchev–Trinajstić information content (AvgIpc) is 2.97. The summed E-state index contributed by atoms with van der Waals surface area (Å²) in [5, 5.41) is 0.266. The molecule has 21 heavy (non-hydrogen) atoms. The van der Waals surface area contributed by atoms with E-state index in [0.29, 0.717) is 18.8 Å². The van der Waals surface area contributed by atoms with E-state index in [1.807, 2.05) is 13.8 Å². The summed E-state index contributed by atoms with van der Waals surface area (Å²) in [5.41, 5.74) is 0.107. The first-order chi connectivity index (χ1) is 10.1. The smallest absolute Gasteiger partial charge is 0.265 e. The highest BCUT2D eigenvalue weighted by Crippen LogP contribution is 2.17. The highest BCUT2D eigenvalue weighted by Gasteiger charge is 2.37. The van der Waals surface area contributed by atoms with Crippen molar-refractivity contribution >= 4 is 35.2 Å². The fraction of sp³-hybridized carbons (Fsp3) is 0.267. The highest BCUT2D eigenvalue weighted by molar-refractivity contribution is 7.80. The van der Waals surface area contributed by atoms with Crippen molar-refractivity contribution in [2.24, 2.45) is 0 Å². The van der Waals surface area contributed by atoms with Gasteiger partial charge in [-0.1, -0.05) is 6.08 Å². The molecule has 1 aliphatic heterocycles. The number of likely N-dealkylation sites (N-methyl/N-ethyl adjacent to an activating group) is 2. The summed E-state index contributed by atoms with van der Waals surface area (Å²) in [7, 11) is 0. The molecule has 6 heteroatoms. The largest absolute Gasteiger partial charge is 0.465 e. The molecular weight excluding hydrogens is 288 g/mol. The van der Waals surface area contributed by atoms with Crippen LogP contribution in [0.3, 0.4) is 0 Å². The lowest BCUT2D eigenvalue weighted by Gasteiger charge is -2.35. The van der Waals surface area contributed by atoms with Gasteiger partial charge in [0.05, 0.1) is 6.26 Å². The van der Waals surface area contributed by atoms with Crippen LogP contribution in [-0.2, 0) is 9.59 Å². The lowest BCUT2D eigenvalue weighted by Crippen LogP contribution is -2.55. The zero-order chi connectivity index (χ0) is 15.4. The molecule has 0 bridgehead atoms. The molecule has 1 aromatic rings. The summed E-state index contributed by atoms with van der Waals surface area (Å²) in [6, 6.07) is 3.55. The SMILES string of the molecule is CCN1C(=O)C(=CC=Cc2ccco2)C(=O)N(CC)C1=S. The van der Waals surface area contributed by atoms with Crippen LogP contribution < -0.4 is 0 Å². The van der Waals surface area contributed by atoms with Crippen molar-refractivity contribution in [2.45, 2.75) is 13.8 Å². The quantitative estimate of drug-likeness (QED) is 0.486. The Balaban J connectivity index is 2.29. The number of amides is 2. The monoisotopic (exact) mass is 304 g/mol. The predicted molar refractivity (Wildman–Crippen MR) is 83.2 cm³/mol. The maximum Gasteiger partial charge on any atom is 0.265 e. The number of carbonyl (C=O) groups excluding carboxylic acids is 2. The zero-order valence-electron chi connectivity index (χ0n) is 11.9. The Morgan fingerprint density at radius 3 is 2.29 bits per heavy atom. The first kappa shape index (κ1) is 15.2. The maximum atomic E-state index is 12.3. The van der Waals surface area contributed by atoms with Gasteiger partial charge in [-0.25, -0.2) is 0 Å². The van der Waals surface area contributed by atoms with Crippen LogP contribution in [0.15, 0.2) is 40.5 Å². The Kier molecular flexibility index (Phi) is 4.70. The van der Waals surface area contributed by atoms with E-state index in [2.05, 4.69) is 0 Å². The number of furan rings is 1. The van der Waals surface area contributed by atoms with E-state index < -0.39 is 0 Å². The third kappa shape index (κ3) is 2.95. The number of allylic oxidation sites excluding steroid dienone is 2. The molecule has 110 valence electrons. The molecule has 0 aromatic carbocycles. The van der Waals surface area contributed by atoms with Gasteiger partial charge in [0.15, 0.2) is 5.11 Å². The van der Waals surface area contributed by atoms with E-state index >= 15 is 0 Å². The molecule has 5 nitrogen and oxygen atoms in total. The van der Waals surface area contributed by atoms with Gasteiger partial charge in [-0.05, 0) is 50.4 Å². The maximum absolute atomic E-state index is 12.3. The summed E-state index contributed by atoms with van der Waals surface area (Å²) in [6.45, 7) is 4.51. The molecule has 0 unspecified atom stereocenters. The Morgan fingerprint density at radius 1 is 1.19 bits per heavy atom. The Labute approximate surface area is 128 Å². The average molecular weight is 304 g/mol. The third-order valence-corrected chi connectivity index (χ3v) is 3.55. The van der Waals surface area contributed by atoms with Crippen LogP contribution in [0.1, 0.15) is 19.6 Å². The lowest BCUT2D eigenvalue weighted by atomic mass is 10.1. The number of hydrogen-bond acceptors (Lipinski definition) is 4. The van der Waals surface area contributed by atoms with Gasteiger partial charge < -0.3 is 4.42 Å². The normalized spacial score (nSPS) is 16.3. The minimum Gasteiger partial charge on any atom is -0.465 e. The molecule has 1 fully saturated rings. The van der Waals surface area contributed by atoms with Crippen LogP contribution in [0.25, 0.3) is 6.08 Å². The molecule has 0 spiro atoms. The summed E-state index contributed by atoms with van der Waals surface area (Å²) in [6.07, 6.45) is 6.37. The van der Waals surface area contributed by atoms with Crippen molar-refractivity contribution in [2.75, 3.05) is 13.1 Å². The van der Waals surface area contributed by atoms with Crippen LogP contribution in [0.2, 0.25) is 0 Å². The minimum atomic E-state index is -0.360. The second kappa shape index (κ2) is 6.49. The van der Waals surface area contributed by atoms with Gasteiger partial charge in [0, 0.05) is 13.1 Å². The topological polar surface area (TPSA) is 53.8 Å². The van der Waals surface area contributed by atoms with E-state index in [-0.39, 0.29) is 22.5 Å². The van der Waals surface area contributed by atoms with Gasteiger partial charge in [-0.15, -0.1) is 0 Å². The first-order valence-electron chi connectivity index (χ1n) is 6.69. The molecular formula is C15H16N2O3S. The Morgan fingerprint density at radius 2 is 1.81 bits per heavy atom. The van der Waals surface area contributed by atoms with E-state index in [0.717, 1.165) is 0 Å². The molecule has 1 aromatic heterocycles. The van der Waals surface area contributed by atoms with Crippen molar-refractivity contribution in [1.82, 2.24) is 9.80 Å². The molecule has 2 heterocycles. The third-order valence-electron chi connectivity index (χ3n) is 3.11. The predicted octanol–water partition coefficient (Wildman–Crippen LogP) is 2.21. The summed E-state index contributed by atoms with van der Waals surface area (Å²) < 4.78 is 5.15. The molecule has 2 amide bonds. The minimum absolute atomic E-state index is 0.107. The zero-order valence-corrected chi connectivity index (χ0v) is 12.7. The van der Waals surface area contributed by atoms with Gasteiger partial charge in [0.25, 0.3) is 11.8 Å². The molecule has 1 saturated heterocycles. The van der Waals surface area contributed by atoms with Crippen molar-refractivity contribution in [1.29, 1.82) is 0 Å². The molecule has 2 rings (SSSR count). The molecule has 0 N–H and O–H groups in total. The van der Waals surface area contributed by atoms with Gasteiger partial charge in [-0.3, -0.25) is 19.4 Å². The second-order valence-corrected chi connectivity index (χ2v) is 4.70. The van der Waals surface area contributed by atoms with Crippen molar-refractivity contribution < 1.29 is 14.0 Å². The Bertz CT molecular complexity index is 589. The first-order valence-corrected chi connectivity index (χ1v) is 7.10. The van der Waals surface area contributed by atoms with E-state index in [1.54, 1.807) is 30.5 Å². The van der Waals surface area contributed by atoms with Crippen molar-refractivity contribution in [3.05, 3.63) is 41.9 Å². The van der Waals surface area contributed by atoms with Crippen LogP contribution in [0.4, 0.5) is 0 Å². The molecule has 0 saturated carbocycles. The molecule has 0 radical (unpaired) electrons. The number of hydrogen-bond donors (Lipinski definition) is 0. The van der Waals surface area contributed by atoms with Crippen LogP contribution in [0, 0.1) is 0 Å². The Hall–Kier alpha value is -2.21. The summed E-state index contributed by atoms with van der Waals surface area (Å²) in [5.74, 6) is -0.0691. The van der Waals surface area contributed by atoms with E-state index in [9.17, 15) is 9.59 Å².